The van der Waals surface area contributed by atoms with E-state index in [9.17, 15) is 4.39 Å². The van der Waals surface area contributed by atoms with E-state index >= 15 is 0 Å². The van der Waals surface area contributed by atoms with Crippen LogP contribution in [0.4, 0.5) is 4.39 Å². The summed E-state index contributed by atoms with van der Waals surface area (Å²) >= 11 is 4.53. The van der Waals surface area contributed by atoms with Crippen molar-refractivity contribution in [1.82, 2.24) is 4.98 Å². The van der Waals surface area contributed by atoms with E-state index in [1.807, 2.05) is 6.07 Å². The molecule has 14 heavy (non-hydrogen) atoms. The van der Waals surface area contributed by atoms with E-state index in [-0.39, 0.29) is 0 Å². The monoisotopic (exact) mass is 270 g/mol. The molecule has 0 unspecified atom stereocenters. The molecule has 0 spiro atoms. The molecule has 0 saturated carbocycles. The quantitative estimate of drug-likeness (QED) is 0.736. The van der Waals surface area contributed by atoms with Gasteiger partial charge in [-0.25, -0.2) is 9.37 Å². The summed E-state index contributed by atoms with van der Waals surface area (Å²) in [6, 6.07) is 3.19. The fraction of sp³-hybridized carbons (Fsp3) is 0.111. The fourth-order valence-electron chi connectivity index (χ4n) is 1.25. The van der Waals surface area contributed by atoms with Gasteiger partial charge in [-0.2, -0.15) is 5.26 Å². The van der Waals surface area contributed by atoms with E-state index in [4.69, 9.17) is 5.26 Å². The van der Waals surface area contributed by atoms with E-state index in [0.29, 0.717) is 15.0 Å². The lowest BCUT2D eigenvalue weighted by atomic mass is 10.1. The van der Waals surface area contributed by atoms with Crippen molar-refractivity contribution >= 4 is 37.5 Å². The van der Waals surface area contributed by atoms with Gasteiger partial charge in [0.15, 0.2) is 9.73 Å². The van der Waals surface area contributed by atoms with Crippen LogP contribution in [0, 0.1) is 24.1 Å². The van der Waals surface area contributed by atoms with Crippen molar-refractivity contribution < 1.29 is 4.39 Å². The third-order valence-electron chi connectivity index (χ3n) is 1.96. The van der Waals surface area contributed by atoms with Crippen LogP contribution in [0.2, 0.25) is 0 Å². The molecule has 0 N–H and O–H groups in total. The van der Waals surface area contributed by atoms with Crippen LogP contribution in [0.25, 0.3) is 10.2 Å². The number of hydrogen-bond acceptors (Lipinski definition) is 3. The van der Waals surface area contributed by atoms with Crippen molar-refractivity contribution in [2.75, 3.05) is 0 Å². The molecule has 0 radical (unpaired) electrons. The molecule has 0 aliphatic rings. The van der Waals surface area contributed by atoms with Crippen LogP contribution in [0.3, 0.4) is 0 Å². The van der Waals surface area contributed by atoms with E-state index in [2.05, 4.69) is 20.9 Å². The maximum Gasteiger partial charge on any atom is 0.160 e. The molecule has 2 nitrogen and oxygen atoms in total. The van der Waals surface area contributed by atoms with E-state index < -0.39 is 5.82 Å². The van der Waals surface area contributed by atoms with E-state index in [1.165, 1.54) is 17.4 Å². The zero-order chi connectivity index (χ0) is 10.3. The van der Waals surface area contributed by atoms with Gasteiger partial charge in [-0.05, 0) is 34.5 Å². The Morgan fingerprint density at radius 1 is 1.64 bits per heavy atom. The Labute approximate surface area is 92.1 Å². The minimum atomic E-state index is -0.441. The molecule has 0 atom stereocenters. The Morgan fingerprint density at radius 2 is 2.36 bits per heavy atom. The van der Waals surface area contributed by atoms with Crippen molar-refractivity contribution in [3.8, 4) is 6.07 Å². The number of aromatic nitrogens is 1. The number of nitriles is 1. The van der Waals surface area contributed by atoms with Crippen LogP contribution < -0.4 is 0 Å². The Kier molecular flexibility index (Phi) is 2.25. The number of benzene rings is 1. The summed E-state index contributed by atoms with van der Waals surface area (Å²) in [4.78, 5) is 4.00. The lowest BCUT2D eigenvalue weighted by molar-refractivity contribution is 0.636. The minimum absolute atomic E-state index is 0.332. The number of fused-ring (bicyclic) bond motifs is 1. The summed E-state index contributed by atoms with van der Waals surface area (Å²) in [5.74, 6) is -0.441. The van der Waals surface area contributed by atoms with Crippen molar-refractivity contribution in [1.29, 1.82) is 5.26 Å². The number of rotatable bonds is 0. The van der Waals surface area contributed by atoms with Gasteiger partial charge in [0.25, 0.3) is 0 Å². The number of halogens is 2. The summed E-state index contributed by atoms with van der Waals surface area (Å²) in [7, 11) is 0. The van der Waals surface area contributed by atoms with E-state index in [0.717, 1.165) is 10.3 Å². The topological polar surface area (TPSA) is 36.7 Å². The molecular weight excluding hydrogens is 267 g/mol. The highest BCUT2D eigenvalue weighted by Gasteiger charge is 2.13. The molecule has 0 fully saturated rings. The Hall–Kier alpha value is -0.990. The van der Waals surface area contributed by atoms with Crippen molar-refractivity contribution in [2.45, 2.75) is 6.92 Å². The van der Waals surface area contributed by atoms with Crippen LogP contribution in [-0.2, 0) is 0 Å². The zero-order valence-electron chi connectivity index (χ0n) is 7.14. The van der Waals surface area contributed by atoms with Gasteiger partial charge in [0.05, 0.1) is 16.3 Å². The summed E-state index contributed by atoms with van der Waals surface area (Å²) < 4.78 is 14.8. The smallest absolute Gasteiger partial charge is 0.160 e. The zero-order valence-corrected chi connectivity index (χ0v) is 9.54. The molecule has 0 amide bonds. The number of thiazole rings is 1. The van der Waals surface area contributed by atoms with Crippen molar-refractivity contribution in [3.63, 3.8) is 0 Å². The lowest BCUT2D eigenvalue weighted by Gasteiger charge is -1.98. The Morgan fingerprint density at radius 3 is 3.00 bits per heavy atom. The van der Waals surface area contributed by atoms with Gasteiger partial charge in [-0.15, -0.1) is 11.3 Å². The highest BCUT2D eigenvalue weighted by molar-refractivity contribution is 9.11. The van der Waals surface area contributed by atoms with Gasteiger partial charge in [0.1, 0.15) is 5.52 Å². The van der Waals surface area contributed by atoms with Crippen LogP contribution in [-0.4, -0.2) is 4.98 Å². The summed E-state index contributed by atoms with van der Waals surface area (Å²) in [5.41, 5.74) is 1.48. The normalized spacial score (nSPS) is 10.4. The van der Waals surface area contributed by atoms with Crippen molar-refractivity contribution in [3.05, 3.63) is 26.9 Å². The molecule has 0 aliphatic heterocycles. The van der Waals surface area contributed by atoms with Crippen LogP contribution in [0.1, 0.15) is 11.1 Å². The lowest BCUT2D eigenvalue weighted by Crippen LogP contribution is -1.86. The molecule has 1 aromatic heterocycles. The first-order valence-corrected chi connectivity index (χ1v) is 5.39. The number of nitrogens with zero attached hydrogens (tertiary/aromatic N) is 2. The summed E-state index contributed by atoms with van der Waals surface area (Å²) in [5, 5.41) is 8.76. The van der Waals surface area contributed by atoms with Gasteiger partial charge in [-0.3, -0.25) is 0 Å². The Bertz CT molecular complexity index is 556. The molecule has 0 bridgehead atoms. The Balaban J connectivity index is 2.95. The summed E-state index contributed by atoms with van der Waals surface area (Å²) in [6.45, 7) is 1.80. The first-order chi connectivity index (χ1) is 6.63. The minimum Gasteiger partial charge on any atom is -0.226 e. The van der Waals surface area contributed by atoms with Gasteiger partial charge in [-0.1, -0.05) is 0 Å². The molecule has 2 rings (SSSR count). The predicted molar refractivity (Wildman–Crippen MR) is 56.7 cm³/mol. The molecule has 70 valence electrons. The van der Waals surface area contributed by atoms with Gasteiger partial charge in [0.2, 0.25) is 0 Å². The van der Waals surface area contributed by atoms with Crippen LogP contribution >= 0.6 is 27.3 Å². The second-order valence-corrected chi connectivity index (χ2v) is 5.06. The first kappa shape index (κ1) is 9.56. The molecule has 2 aromatic rings. The maximum absolute atomic E-state index is 13.4. The molecule has 0 aliphatic carbocycles. The SMILES string of the molecule is Cc1c(C#N)cc(F)c2nc(Br)sc12. The number of aryl methyl sites for hydroxylation is 1. The fourth-order valence-corrected chi connectivity index (χ4v) is 2.72. The highest BCUT2D eigenvalue weighted by Crippen LogP contribution is 2.32. The molecule has 5 heteroatoms. The highest BCUT2D eigenvalue weighted by atomic mass is 79.9. The van der Waals surface area contributed by atoms with Gasteiger partial charge < -0.3 is 0 Å². The predicted octanol–water partition coefficient (Wildman–Crippen LogP) is 3.38. The molecule has 1 aromatic carbocycles. The standard InChI is InChI=1S/C9H4BrFN2S/c1-4-5(3-12)2-6(11)7-8(4)14-9(10)13-7/h2H,1H3. The van der Waals surface area contributed by atoms with Crippen LogP contribution in [0.5, 0.6) is 0 Å². The third-order valence-corrected chi connectivity index (χ3v) is 3.59. The van der Waals surface area contributed by atoms with Crippen LogP contribution in [0.15, 0.2) is 9.98 Å². The second-order valence-electron chi connectivity index (χ2n) is 2.79. The van der Waals surface area contributed by atoms with Crippen molar-refractivity contribution in [2.24, 2.45) is 0 Å². The molecular formula is C9H4BrFN2S. The third kappa shape index (κ3) is 1.31. The largest absolute Gasteiger partial charge is 0.226 e. The molecule has 0 saturated heterocycles. The maximum atomic E-state index is 13.4. The average Bonchev–Trinajstić information content (AvgIpc) is 2.54. The second kappa shape index (κ2) is 3.30. The van der Waals surface area contributed by atoms with E-state index in [1.54, 1.807) is 6.92 Å². The van der Waals surface area contributed by atoms with Gasteiger partial charge >= 0.3 is 0 Å². The molecule has 1 heterocycles. The first-order valence-electron chi connectivity index (χ1n) is 3.78. The number of hydrogen-bond donors (Lipinski definition) is 0. The van der Waals surface area contributed by atoms with Gasteiger partial charge in [0, 0.05) is 0 Å². The summed E-state index contributed by atoms with van der Waals surface area (Å²) in [6.07, 6.45) is 0. The average molecular weight is 271 g/mol.